The molecule has 0 aromatic carbocycles. The minimum absolute atomic E-state index is 0.0771. The Kier molecular flexibility index (Phi) is 5.19. The van der Waals surface area contributed by atoms with E-state index >= 15 is 0 Å². The van der Waals surface area contributed by atoms with Gasteiger partial charge in [0.15, 0.2) is 5.65 Å². The van der Waals surface area contributed by atoms with Crippen LogP contribution in [0.15, 0.2) is 36.7 Å². The summed E-state index contributed by atoms with van der Waals surface area (Å²) >= 11 is 0. The molecule has 4 heterocycles. The summed E-state index contributed by atoms with van der Waals surface area (Å²) in [7, 11) is 0. The van der Waals surface area contributed by atoms with Gasteiger partial charge in [0.1, 0.15) is 11.5 Å². The summed E-state index contributed by atoms with van der Waals surface area (Å²) in [5, 5.41) is 7.40. The first-order chi connectivity index (χ1) is 13.9. The Bertz CT molecular complexity index is 1020. The number of nitrogens with zero attached hydrogens (tertiary/aromatic N) is 5. The maximum Gasteiger partial charge on any atom is 0.272 e. The number of hydrogen-bond acceptors (Lipinski definition) is 6. The van der Waals surface area contributed by atoms with Crippen LogP contribution < -0.4 is 10.2 Å². The summed E-state index contributed by atoms with van der Waals surface area (Å²) < 4.78 is 7.09. The number of anilines is 1. The van der Waals surface area contributed by atoms with Crippen LogP contribution in [0, 0.1) is 0 Å². The lowest BCUT2D eigenvalue weighted by atomic mass is 9.93. The topological polar surface area (TPSA) is 84.7 Å². The van der Waals surface area contributed by atoms with Gasteiger partial charge >= 0.3 is 0 Å². The molecule has 1 N–H and O–H groups in total. The fourth-order valence-corrected chi connectivity index (χ4v) is 3.26. The number of imidazole rings is 1. The Morgan fingerprint density at radius 1 is 1.21 bits per heavy atom. The predicted octanol–water partition coefficient (Wildman–Crippen LogP) is 2.19. The largest absolute Gasteiger partial charge is 0.378 e. The van der Waals surface area contributed by atoms with Crippen LogP contribution in [-0.4, -0.2) is 51.8 Å². The molecule has 1 amide bonds. The first-order valence-corrected chi connectivity index (χ1v) is 9.83. The molecule has 0 saturated carbocycles. The second-order valence-electron chi connectivity index (χ2n) is 8.17. The van der Waals surface area contributed by atoms with Gasteiger partial charge in [-0.05, 0) is 18.2 Å². The third-order valence-corrected chi connectivity index (χ3v) is 4.94. The molecule has 4 rings (SSSR count). The van der Waals surface area contributed by atoms with E-state index in [0.29, 0.717) is 25.5 Å². The molecule has 8 nitrogen and oxygen atoms in total. The van der Waals surface area contributed by atoms with Crippen LogP contribution in [0.2, 0.25) is 0 Å². The molecule has 0 unspecified atom stereocenters. The highest BCUT2D eigenvalue weighted by Gasteiger charge is 2.19. The van der Waals surface area contributed by atoms with E-state index in [2.05, 4.69) is 46.1 Å². The van der Waals surface area contributed by atoms with Gasteiger partial charge in [-0.1, -0.05) is 26.8 Å². The maximum atomic E-state index is 12.7. The lowest BCUT2D eigenvalue weighted by Gasteiger charge is -2.29. The highest BCUT2D eigenvalue weighted by atomic mass is 16.5. The molecular weight excluding hydrogens is 368 g/mol. The van der Waals surface area contributed by atoms with Crippen molar-refractivity contribution in [3.8, 4) is 0 Å². The number of morpholine rings is 1. The van der Waals surface area contributed by atoms with E-state index in [0.717, 1.165) is 35.8 Å². The number of fused-ring (bicyclic) bond motifs is 1. The third-order valence-electron chi connectivity index (χ3n) is 4.94. The smallest absolute Gasteiger partial charge is 0.272 e. The number of nitrogens with one attached hydrogen (secondary N) is 1. The van der Waals surface area contributed by atoms with Crippen molar-refractivity contribution in [2.45, 2.75) is 32.7 Å². The van der Waals surface area contributed by atoms with Crippen molar-refractivity contribution >= 4 is 17.4 Å². The van der Waals surface area contributed by atoms with Crippen molar-refractivity contribution in [3.63, 3.8) is 0 Å². The van der Waals surface area contributed by atoms with Crippen molar-refractivity contribution < 1.29 is 9.53 Å². The van der Waals surface area contributed by atoms with Crippen LogP contribution in [0.4, 0.5) is 5.82 Å². The Hall–Kier alpha value is -3.00. The molecule has 3 aromatic rings. The Balaban J connectivity index is 1.49. The molecule has 0 radical (unpaired) electrons. The number of aromatic nitrogens is 4. The first-order valence-electron chi connectivity index (χ1n) is 9.83. The zero-order chi connectivity index (χ0) is 20.4. The van der Waals surface area contributed by atoms with E-state index in [4.69, 9.17) is 4.74 Å². The molecule has 1 fully saturated rings. The quantitative estimate of drug-likeness (QED) is 0.730. The van der Waals surface area contributed by atoms with Crippen molar-refractivity contribution in [2.75, 3.05) is 31.2 Å². The van der Waals surface area contributed by atoms with Gasteiger partial charge in [-0.3, -0.25) is 4.79 Å². The van der Waals surface area contributed by atoms with Crippen LogP contribution in [0.5, 0.6) is 0 Å². The highest BCUT2D eigenvalue weighted by Crippen LogP contribution is 2.21. The van der Waals surface area contributed by atoms with Gasteiger partial charge < -0.3 is 15.0 Å². The number of hydrogen-bond donors (Lipinski definition) is 1. The second kappa shape index (κ2) is 7.79. The minimum atomic E-state index is -0.227. The molecule has 0 spiro atoms. The molecule has 29 heavy (non-hydrogen) atoms. The molecule has 1 aliphatic rings. The fraction of sp³-hybridized carbons (Fsp3) is 0.429. The van der Waals surface area contributed by atoms with E-state index in [9.17, 15) is 4.79 Å². The lowest BCUT2D eigenvalue weighted by molar-refractivity contribution is 0.0944. The van der Waals surface area contributed by atoms with E-state index in [1.165, 1.54) is 0 Å². The van der Waals surface area contributed by atoms with Crippen LogP contribution in [0.25, 0.3) is 5.65 Å². The van der Waals surface area contributed by atoms with Crippen molar-refractivity contribution in [1.82, 2.24) is 24.9 Å². The third kappa shape index (κ3) is 4.22. The number of rotatable bonds is 4. The van der Waals surface area contributed by atoms with E-state index < -0.39 is 0 Å². The van der Waals surface area contributed by atoms with E-state index in [1.54, 1.807) is 16.8 Å². The molecule has 0 bridgehead atoms. The second-order valence-corrected chi connectivity index (χ2v) is 8.17. The summed E-state index contributed by atoms with van der Waals surface area (Å²) in [5.74, 6) is 0.665. The highest BCUT2D eigenvalue weighted by molar-refractivity contribution is 5.92. The Labute approximate surface area is 169 Å². The molecule has 8 heteroatoms. The molecule has 3 aromatic heterocycles. The van der Waals surface area contributed by atoms with Crippen molar-refractivity contribution in [1.29, 1.82) is 0 Å². The van der Waals surface area contributed by atoms with Gasteiger partial charge in [-0.25, -0.2) is 14.5 Å². The standard InChI is InChI=1S/C21H26N6O2/c1-21(2,3)17-14-27-18(24-17)7-6-16(25-27)20(28)23-13-15-5-4-8-22-19(15)26-9-11-29-12-10-26/h4-8,14H,9-13H2,1-3H3,(H,23,28). The van der Waals surface area contributed by atoms with Crippen molar-refractivity contribution in [2.24, 2.45) is 0 Å². The lowest BCUT2D eigenvalue weighted by Crippen LogP contribution is -2.38. The van der Waals surface area contributed by atoms with Gasteiger partial charge in [0.25, 0.3) is 5.91 Å². The molecule has 152 valence electrons. The molecule has 0 atom stereocenters. The normalized spacial score (nSPS) is 14.9. The minimum Gasteiger partial charge on any atom is -0.378 e. The fourth-order valence-electron chi connectivity index (χ4n) is 3.26. The predicted molar refractivity (Wildman–Crippen MR) is 110 cm³/mol. The van der Waals surface area contributed by atoms with Crippen LogP contribution in [0.3, 0.4) is 0 Å². The molecule has 1 aliphatic heterocycles. The average molecular weight is 394 g/mol. The Morgan fingerprint density at radius 3 is 2.76 bits per heavy atom. The van der Waals surface area contributed by atoms with Gasteiger partial charge in [0.2, 0.25) is 0 Å². The summed E-state index contributed by atoms with van der Waals surface area (Å²) in [6.07, 6.45) is 3.65. The zero-order valence-electron chi connectivity index (χ0n) is 17.1. The molecule has 1 saturated heterocycles. The van der Waals surface area contributed by atoms with Crippen LogP contribution in [-0.2, 0) is 16.7 Å². The maximum absolute atomic E-state index is 12.7. The van der Waals surface area contributed by atoms with E-state index in [-0.39, 0.29) is 11.3 Å². The number of pyridine rings is 1. The monoisotopic (exact) mass is 394 g/mol. The number of ether oxygens (including phenoxy) is 1. The van der Waals surface area contributed by atoms with Crippen LogP contribution >= 0.6 is 0 Å². The summed E-state index contributed by atoms with van der Waals surface area (Å²) in [4.78, 5) is 24.0. The van der Waals surface area contributed by atoms with Gasteiger partial charge in [0.05, 0.1) is 25.1 Å². The van der Waals surface area contributed by atoms with Gasteiger partial charge in [-0.15, -0.1) is 0 Å². The number of amides is 1. The average Bonchev–Trinajstić information content (AvgIpc) is 3.17. The Morgan fingerprint density at radius 2 is 2.00 bits per heavy atom. The van der Waals surface area contributed by atoms with Crippen molar-refractivity contribution in [3.05, 3.63) is 53.6 Å². The number of carbonyl (C=O) groups is 1. The zero-order valence-corrected chi connectivity index (χ0v) is 17.1. The van der Waals surface area contributed by atoms with Crippen LogP contribution in [0.1, 0.15) is 42.5 Å². The summed E-state index contributed by atoms with van der Waals surface area (Å²) in [6, 6.07) is 7.39. The molecule has 0 aliphatic carbocycles. The summed E-state index contributed by atoms with van der Waals surface area (Å²) in [6.45, 7) is 9.66. The van der Waals surface area contributed by atoms with Gasteiger partial charge in [0, 0.05) is 36.8 Å². The summed E-state index contributed by atoms with van der Waals surface area (Å²) in [5.41, 5.74) is 2.92. The first kappa shape index (κ1) is 19.3. The number of carbonyl (C=O) groups excluding carboxylic acids is 1. The van der Waals surface area contributed by atoms with E-state index in [1.807, 2.05) is 24.4 Å². The van der Waals surface area contributed by atoms with Gasteiger partial charge in [-0.2, -0.15) is 5.10 Å². The molecular formula is C21H26N6O2. The SMILES string of the molecule is CC(C)(C)c1cn2nc(C(=O)NCc3cccnc3N3CCOCC3)ccc2n1.